The maximum atomic E-state index is 12.7. The summed E-state index contributed by atoms with van der Waals surface area (Å²) in [5, 5.41) is 0. The summed E-state index contributed by atoms with van der Waals surface area (Å²) in [6, 6.07) is 10.5. The zero-order chi connectivity index (χ0) is 21.0. The molecule has 9 heteroatoms. The Labute approximate surface area is 167 Å². The van der Waals surface area contributed by atoms with Gasteiger partial charge in [0, 0.05) is 6.07 Å². The fraction of sp³-hybridized carbons (Fsp3) is 0.250. The first kappa shape index (κ1) is 20.2. The van der Waals surface area contributed by atoms with E-state index in [0.29, 0.717) is 28.5 Å². The highest BCUT2D eigenvalue weighted by molar-refractivity contribution is 6.22. The third-order valence-corrected chi connectivity index (χ3v) is 4.48. The zero-order valence-corrected chi connectivity index (χ0v) is 16.2. The molecule has 3 rings (SSSR count). The molecule has 0 spiro atoms. The Morgan fingerprint density at radius 3 is 2.34 bits per heavy atom. The molecule has 2 aromatic carbocycles. The topological polar surface area (TPSA) is 106 Å². The lowest BCUT2D eigenvalue weighted by atomic mass is 10.2. The highest BCUT2D eigenvalue weighted by Crippen LogP contribution is 2.33. The summed E-state index contributed by atoms with van der Waals surface area (Å²) in [6.07, 6.45) is -0.0978. The van der Waals surface area contributed by atoms with Crippen LogP contribution in [0.1, 0.15) is 16.8 Å². The van der Waals surface area contributed by atoms with Gasteiger partial charge >= 0.3 is 0 Å². The molecule has 2 N–H and O–H groups in total. The Hall–Kier alpha value is -3.59. The van der Waals surface area contributed by atoms with E-state index in [-0.39, 0.29) is 6.42 Å². The molecule has 1 aliphatic rings. The van der Waals surface area contributed by atoms with Gasteiger partial charge < -0.3 is 14.2 Å². The van der Waals surface area contributed by atoms with Gasteiger partial charge in [-0.3, -0.25) is 19.8 Å². The van der Waals surface area contributed by atoms with E-state index in [4.69, 9.17) is 14.2 Å². The fourth-order valence-electron chi connectivity index (χ4n) is 3.03. The second kappa shape index (κ2) is 8.61. The number of nitrogens with zero attached hydrogens (tertiary/aromatic N) is 1. The lowest BCUT2D eigenvalue weighted by Gasteiger charge is -2.18. The van der Waals surface area contributed by atoms with E-state index >= 15 is 0 Å². The van der Waals surface area contributed by atoms with E-state index in [1.807, 2.05) is 0 Å². The summed E-state index contributed by atoms with van der Waals surface area (Å²) in [6.45, 7) is 0. The number of para-hydroxylation sites is 1. The minimum atomic E-state index is -0.894. The average Bonchev–Trinajstić information content (AvgIpc) is 3.04. The van der Waals surface area contributed by atoms with Gasteiger partial charge in [-0.05, 0) is 24.3 Å². The van der Waals surface area contributed by atoms with Gasteiger partial charge in [-0.25, -0.2) is 10.3 Å². The Balaban J connectivity index is 1.72. The molecule has 29 heavy (non-hydrogen) atoms. The van der Waals surface area contributed by atoms with Gasteiger partial charge in [-0.2, -0.15) is 0 Å². The highest BCUT2D eigenvalue weighted by atomic mass is 16.5. The van der Waals surface area contributed by atoms with Crippen molar-refractivity contribution in [2.45, 2.75) is 12.5 Å². The third kappa shape index (κ3) is 3.99. The number of imide groups is 1. The monoisotopic (exact) mass is 399 g/mol. The van der Waals surface area contributed by atoms with Gasteiger partial charge in [0.25, 0.3) is 11.8 Å². The number of benzene rings is 2. The van der Waals surface area contributed by atoms with E-state index in [1.54, 1.807) is 42.5 Å². The molecule has 1 fully saturated rings. The predicted octanol–water partition coefficient (Wildman–Crippen LogP) is 1.28. The molecule has 0 radical (unpaired) electrons. The molecule has 0 aliphatic carbocycles. The van der Waals surface area contributed by atoms with E-state index in [0.717, 1.165) is 4.90 Å². The molecular weight excluding hydrogens is 378 g/mol. The first-order valence-corrected chi connectivity index (χ1v) is 8.77. The Morgan fingerprint density at radius 1 is 0.966 bits per heavy atom. The lowest BCUT2D eigenvalue weighted by molar-refractivity contribution is -0.121. The van der Waals surface area contributed by atoms with Crippen molar-refractivity contribution in [3.8, 4) is 17.2 Å². The van der Waals surface area contributed by atoms with E-state index in [1.165, 1.54) is 21.3 Å². The normalized spacial score (nSPS) is 16.0. The second-order valence-corrected chi connectivity index (χ2v) is 6.16. The number of methoxy groups -OCH3 is 3. The van der Waals surface area contributed by atoms with Crippen LogP contribution in [-0.2, 0) is 9.59 Å². The Morgan fingerprint density at radius 2 is 1.66 bits per heavy atom. The van der Waals surface area contributed by atoms with Crippen molar-refractivity contribution >= 4 is 23.4 Å². The molecule has 1 atom stereocenters. The number of carbonyl (C=O) groups excluding carboxylic acids is 3. The summed E-state index contributed by atoms with van der Waals surface area (Å²) in [5.74, 6) is -0.0887. The van der Waals surface area contributed by atoms with Crippen molar-refractivity contribution in [3.05, 3.63) is 48.0 Å². The molecule has 2 aromatic rings. The van der Waals surface area contributed by atoms with Crippen molar-refractivity contribution < 1.29 is 28.6 Å². The maximum Gasteiger partial charge on any atom is 0.269 e. The van der Waals surface area contributed by atoms with Crippen LogP contribution in [0.4, 0.5) is 5.69 Å². The molecule has 9 nitrogen and oxygen atoms in total. The van der Waals surface area contributed by atoms with Crippen molar-refractivity contribution in [1.29, 1.82) is 0 Å². The predicted molar refractivity (Wildman–Crippen MR) is 104 cm³/mol. The highest BCUT2D eigenvalue weighted by Gasteiger charge is 2.40. The number of anilines is 1. The number of hydrazine groups is 1. The first-order chi connectivity index (χ1) is 14.0. The van der Waals surface area contributed by atoms with E-state index in [9.17, 15) is 14.4 Å². The quantitative estimate of drug-likeness (QED) is 0.534. The molecule has 0 bridgehead atoms. The van der Waals surface area contributed by atoms with Gasteiger partial charge in [0.15, 0.2) is 11.5 Å². The molecule has 1 heterocycles. The van der Waals surface area contributed by atoms with Crippen LogP contribution in [-0.4, -0.2) is 45.1 Å². The third-order valence-electron chi connectivity index (χ3n) is 4.48. The molecule has 1 saturated heterocycles. The summed E-state index contributed by atoms with van der Waals surface area (Å²) < 4.78 is 15.5. The zero-order valence-electron chi connectivity index (χ0n) is 16.2. The van der Waals surface area contributed by atoms with E-state index < -0.39 is 23.8 Å². The van der Waals surface area contributed by atoms with Gasteiger partial charge in [0.1, 0.15) is 11.8 Å². The molecule has 1 aliphatic heterocycles. The van der Waals surface area contributed by atoms with Crippen molar-refractivity contribution in [1.82, 2.24) is 10.9 Å². The summed E-state index contributed by atoms with van der Waals surface area (Å²) in [5.41, 5.74) is 5.77. The van der Waals surface area contributed by atoms with Crippen LogP contribution in [0, 0.1) is 0 Å². The summed E-state index contributed by atoms with van der Waals surface area (Å²) in [7, 11) is 4.42. The molecule has 0 saturated carbocycles. The standard InChI is InChI=1S/C20H21N3O6/c1-27-15-7-5-4-6-13(15)19(25)22-21-14-11-18(24)23(20(14)26)12-8-9-16(28-2)17(10-12)29-3/h4-10,14,21H,11H2,1-3H3,(H,22,25). The number of rotatable bonds is 7. The van der Waals surface area contributed by atoms with Gasteiger partial charge in [-0.1, -0.05) is 12.1 Å². The number of carbonyl (C=O) groups is 3. The van der Waals surface area contributed by atoms with Crippen LogP contribution in [0.5, 0.6) is 17.2 Å². The van der Waals surface area contributed by atoms with Crippen LogP contribution >= 0.6 is 0 Å². The molecule has 3 amide bonds. The van der Waals surface area contributed by atoms with Gasteiger partial charge in [0.05, 0.1) is 39.0 Å². The lowest BCUT2D eigenvalue weighted by Crippen LogP contribution is -2.48. The first-order valence-electron chi connectivity index (χ1n) is 8.77. The fourth-order valence-corrected chi connectivity index (χ4v) is 3.03. The Bertz CT molecular complexity index is 946. The molecule has 1 unspecified atom stereocenters. The average molecular weight is 399 g/mol. The number of amides is 3. The number of hydrogen-bond acceptors (Lipinski definition) is 7. The second-order valence-electron chi connectivity index (χ2n) is 6.16. The van der Waals surface area contributed by atoms with Crippen LogP contribution in [0.2, 0.25) is 0 Å². The van der Waals surface area contributed by atoms with Gasteiger partial charge in [-0.15, -0.1) is 0 Å². The van der Waals surface area contributed by atoms with Crippen molar-refractivity contribution in [2.24, 2.45) is 0 Å². The van der Waals surface area contributed by atoms with Crippen LogP contribution in [0.15, 0.2) is 42.5 Å². The van der Waals surface area contributed by atoms with Crippen molar-refractivity contribution in [3.63, 3.8) is 0 Å². The maximum absolute atomic E-state index is 12.7. The number of nitrogens with one attached hydrogen (secondary N) is 2. The SMILES string of the molecule is COc1ccc(N2C(=O)CC(NNC(=O)c3ccccc3OC)C2=O)cc1OC. The molecule has 152 valence electrons. The van der Waals surface area contributed by atoms with Crippen LogP contribution in [0.25, 0.3) is 0 Å². The minimum Gasteiger partial charge on any atom is -0.496 e. The minimum absolute atomic E-state index is 0.0978. The smallest absolute Gasteiger partial charge is 0.269 e. The molecule has 0 aromatic heterocycles. The summed E-state index contributed by atoms with van der Waals surface area (Å²) >= 11 is 0. The van der Waals surface area contributed by atoms with Crippen molar-refractivity contribution in [2.75, 3.05) is 26.2 Å². The largest absolute Gasteiger partial charge is 0.496 e. The van der Waals surface area contributed by atoms with Crippen LogP contribution in [0.3, 0.4) is 0 Å². The number of ether oxygens (including phenoxy) is 3. The Kier molecular flexibility index (Phi) is 5.99. The summed E-state index contributed by atoms with van der Waals surface area (Å²) in [4.78, 5) is 38.6. The van der Waals surface area contributed by atoms with Crippen LogP contribution < -0.4 is 30.0 Å². The molecular formula is C20H21N3O6. The van der Waals surface area contributed by atoms with E-state index in [2.05, 4.69) is 10.9 Å². The van der Waals surface area contributed by atoms with Gasteiger partial charge in [0.2, 0.25) is 5.91 Å². The number of hydrogen-bond donors (Lipinski definition) is 2.